The molecule has 380 valence electrons. The number of nitrogens with one attached hydrogen (secondary N) is 5. The molecule has 2 atom stereocenters. The quantitative estimate of drug-likeness (QED) is 0.0882. The SMILES string of the molecule is CNC(=O)C[C@@H]1NC(=O)c2csc(n2)-c2ccc(-c3ncc(C(=O)OCc4ccccc4)s3)nc2-c2csc(n2)-c2csc(n2)CNC(=O)CNC(=O)c2nc(sc2COC)[C@H](C(C)C)NC(=O)c2nc1sc2C. The number of esters is 1. The van der Waals surface area contributed by atoms with E-state index in [1.807, 2.05) is 54.9 Å². The number of amides is 5. The molecule has 1 aliphatic rings. The zero-order valence-corrected chi connectivity index (χ0v) is 44.9. The van der Waals surface area contributed by atoms with Gasteiger partial charge in [-0.25, -0.2) is 39.7 Å². The summed E-state index contributed by atoms with van der Waals surface area (Å²) < 4.78 is 10.9. The molecule has 0 saturated carbocycles. The van der Waals surface area contributed by atoms with Gasteiger partial charge in [0, 0.05) is 40.7 Å². The Morgan fingerprint density at radius 1 is 0.716 bits per heavy atom. The zero-order chi connectivity index (χ0) is 52.0. The molecule has 7 aromatic heterocycles. The van der Waals surface area contributed by atoms with Gasteiger partial charge in [0.15, 0.2) is 0 Å². The summed E-state index contributed by atoms with van der Waals surface area (Å²) in [6, 6.07) is 11.3. The van der Waals surface area contributed by atoms with Crippen molar-refractivity contribution in [2.24, 2.45) is 5.92 Å². The average Bonchev–Trinajstić information content (AvgIpc) is 4.27. The molecule has 9 rings (SSSR count). The molecule has 0 aliphatic carbocycles. The first-order valence-corrected chi connectivity index (χ1v) is 27.7. The first-order chi connectivity index (χ1) is 35.7. The van der Waals surface area contributed by atoms with Gasteiger partial charge in [-0.1, -0.05) is 44.2 Å². The molecule has 5 amide bonds. The third-order valence-corrected chi connectivity index (χ3v) is 16.9. The number of pyridine rings is 1. The fraction of sp³-hybridized carbons (Fsp3) is 0.271. The number of nitrogens with zero attached hydrogens (tertiary/aromatic N) is 7. The Bertz CT molecular complexity index is 3400. The topological polar surface area (TPSA) is 271 Å². The first-order valence-electron chi connectivity index (χ1n) is 22.6. The van der Waals surface area contributed by atoms with Crippen molar-refractivity contribution >= 4 is 104 Å². The molecule has 0 radical (unpaired) electrons. The maximum Gasteiger partial charge on any atom is 0.350 e. The van der Waals surface area contributed by atoms with Gasteiger partial charge in [-0.3, -0.25) is 24.0 Å². The molecule has 26 heteroatoms. The Kier molecular flexibility index (Phi) is 16.1. The van der Waals surface area contributed by atoms with Gasteiger partial charge in [0.25, 0.3) is 17.7 Å². The van der Waals surface area contributed by atoms with Gasteiger partial charge in [-0.2, -0.15) is 0 Å². The predicted molar refractivity (Wildman–Crippen MR) is 282 cm³/mol. The third-order valence-electron chi connectivity index (χ3n) is 11.1. The standard InChI is InChI=1S/C48H44N12O8S6/c1-22(2)36-47-60-39(32(74-47)18-67-5)41(64)51-15-34(62)50-16-35-53-30(21-69-35)45-56-28(19-71-45)38-25(11-12-26(54-38)44-52-14-31(73-44)48(66)68-17-24-9-7-6-8-10-24)43-57-29(20-70-43)40(63)55-27(13-33(61)49-4)46-59-37(23(3)72-46)42(65)58-36/h6-12,14,19-22,27,36H,13,15-18H2,1-5H3,(H,49,61)(H,50,62)(H,51,64)(H,55,63)(H,58,65)/t27-,36-/m0/s1. The van der Waals surface area contributed by atoms with Crippen LogP contribution in [0.4, 0.5) is 0 Å². The minimum absolute atomic E-state index is 0.0561. The second-order valence-corrected chi connectivity index (χ2v) is 22.7. The minimum Gasteiger partial charge on any atom is -0.457 e. The monoisotopic (exact) mass is 1110 g/mol. The van der Waals surface area contributed by atoms with Gasteiger partial charge in [0.2, 0.25) is 11.8 Å². The highest BCUT2D eigenvalue weighted by Gasteiger charge is 2.31. The summed E-state index contributed by atoms with van der Waals surface area (Å²) in [5, 5.41) is 22.1. The van der Waals surface area contributed by atoms with Gasteiger partial charge < -0.3 is 36.1 Å². The van der Waals surface area contributed by atoms with E-state index < -0.39 is 41.7 Å². The first kappa shape index (κ1) is 51.8. The molecule has 74 heavy (non-hydrogen) atoms. The molecule has 0 unspecified atom stereocenters. The van der Waals surface area contributed by atoms with Crippen molar-refractivity contribution in [2.45, 2.75) is 59.0 Å². The number of hydrogen-bond acceptors (Lipinski definition) is 21. The number of ether oxygens (including phenoxy) is 2. The van der Waals surface area contributed by atoms with Crippen molar-refractivity contribution in [2.75, 3.05) is 20.7 Å². The van der Waals surface area contributed by atoms with E-state index in [-0.39, 0.29) is 66.5 Å². The van der Waals surface area contributed by atoms with Crippen LogP contribution in [0, 0.1) is 12.8 Å². The number of benzene rings is 1. The van der Waals surface area contributed by atoms with E-state index in [4.69, 9.17) is 29.4 Å². The number of thiazole rings is 6. The van der Waals surface area contributed by atoms with E-state index in [0.717, 1.165) is 28.2 Å². The van der Waals surface area contributed by atoms with Crippen LogP contribution in [0.5, 0.6) is 0 Å². The fourth-order valence-electron chi connectivity index (χ4n) is 7.33. The van der Waals surface area contributed by atoms with Crippen molar-refractivity contribution in [1.82, 2.24) is 61.5 Å². The van der Waals surface area contributed by atoms with Crippen LogP contribution >= 0.6 is 68.0 Å². The predicted octanol–water partition coefficient (Wildman–Crippen LogP) is 7.39. The molecule has 1 aliphatic heterocycles. The second kappa shape index (κ2) is 23.0. The smallest absolute Gasteiger partial charge is 0.350 e. The molecule has 8 aromatic rings. The maximum atomic E-state index is 14.2. The van der Waals surface area contributed by atoms with Gasteiger partial charge in [-0.15, -0.1) is 68.0 Å². The molecule has 5 N–H and O–H groups in total. The normalized spacial score (nSPS) is 15.4. The van der Waals surface area contributed by atoms with Gasteiger partial charge >= 0.3 is 5.97 Å². The Hall–Kier alpha value is -7.07. The average molecular weight is 1110 g/mol. The number of aryl methyl sites for hydroxylation is 1. The second-order valence-electron chi connectivity index (χ2n) is 16.7. The highest BCUT2D eigenvalue weighted by Crippen LogP contribution is 2.39. The van der Waals surface area contributed by atoms with Crippen LogP contribution in [-0.2, 0) is 38.8 Å². The van der Waals surface area contributed by atoms with Crippen LogP contribution in [0.25, 0.3) is 43.4 Å². The van der Waals surface area contributed by atoms with Crippen LogP contribution in [0.1, 0.15) is 104 Å². The molecule has 0 saturated heterocycles. The number of hydrogen-bond donors (Lipinski definition) is 5. The van der Waals surface area contributed by atoms with Crippen LogP contribution in [-0.4, -0.2) is 91.1 Å². The third kappa shape index (κ3) is 11.8. The lowest BCUT2D eigenvalue weighted by molar-refractivity contribution is -0.121. The fourth-order valence-corrected chi connectivity index (χ4v) is 12.7. The minimum atomic E-state index is -0.955. The summed E-state index contributed by atoms with van der Waals surface area (Å²) in [4.78, 5) is 116. The highest BCUT2D eigenvalue weighted by atomic mass is 32.1. The molecule has 20 nitrogen and oxygen atoms in total. The van der Waals surface area contributed by atoms with Gasteiger partial charge in [0.1, 0.15) is 75.7 Å². The highest BCUT2D eigenvalue weighted by molar-refractivity contribution is 7.17. The van der Waals surface area contributed by atoms with E-state index >= 15 is 0 Å². The van der Waals surface area contributed by atoms with Gasteiger partial charge in [-0.05, 0) is 30.5 Å². The van der Waals surface area contributed by atoms with E-state index in [1.165, 1.54) is 65.7 Å². The van der Waals surface area contributed by atoms with E-state index in [1.54, 1.807) is 24.4 Å². The number of methoxy groups -OCH3 is 1. The summed E-state index contributed by atoms with van der Waals surface area (Å²) in [5.41, 5.74) is 3.48. The molecule has 1 aromatic carbocycles. The number of carbonyl (C=O) groups is 6. The number of carbonyl (C=O) groups excluding carboxylic acids is 6. The number of aromatic nitrogens is 7. The zero-order valence-electron chi connectivity index (χ0n) is 40.0. The molecule has 0 fully saturated rings. The van der Waals surface area contributed by atoms with Crippen molar-refractivity contribution in [3.63, 3.8) is 0 Å². The maximum absolute atomic E-state index is 14.2. The van der Waals surface area contributed by atoms with Crippen LogP contribution in [0.3, 0.4) is 0 Å². The molecule has 8 heterocycles. The lowest BCUT2D eigenvalue weighted by Gasteiger charge is -2.20. The largest absolute Gasteiger partial charge is 0.457 e. The van der Waals surface area contributed by atoms with Crippen molar-refractivity contribution in [3.8, 4) is 43.4 Å². The number of rotatable bonds is 9. The Morgan fingerprint density at radius 3 is 2.26 bits per heavy atom. The molecular formula is C48H44N12O8S6. The van der Waals surface area contributed by atoms with E-state index in [9.17, 15) is 28.8 Å². The van der Waals surface area contributed by atoms with Crippen molar-refractivity contribution in [3.05, 3.63) is 117 Å². The summed E-state index contributed by atoms with van der Waals surface area (Å²) in [6.45, 7) is 5.40. The van der Waals surface area contributed by atoms with E-state index in [0.29, 0.717) is 68.1 Å². The van der Waals surface area contributed by atoms with Crippen LogP contribution < -0.4 is 26.6 Å². The summed E-state index contributed by atoms with van der Waals surface area (Å²) in [5.74, 6) is -3.28. The summed E-state index contributed by atoms with van der Waals surface area (Å²) >= 11 is 7.34. The van der Waals surface area contributed by atoms with Crippen LogP contribution in [0.2, 0.25) is 0 Å². The Morgan fingerprint density at radius 2 is 1.47 bits per heavy atom. The van der Waals surface area contributed by atoms with Crippen LogP contribution in [0.15, 0.2) is 64.8 Å². The summed E-state index contributed by atoms with van der Waals surface area (Å²) in [6.07, 6.45) is 1.25. The number of fused-ring (bicyclic) bond motifs is 14. The molecule has 0 spiro atoms. The lowest BCUT2D eigenvalue weighted by atomic mass is 10.0. The molecular weight excluding hydrogens is 1070 g/mol. The molecule has 10 bridgehead atoms. The van der Waals surface area contributed by atoms with E-state index in [2.05, 4.69) is 41.5 Å². The summed E-state index contributed by atoms with van der Waals surface area (Å²) in [7, 11) is 2.97. The van der Waals surface area contributed by atoms with Crippen molar-refractivity contribution < 1.29 is 38.2 Å². The Labute approximate surface area is 446 Å². The van der Waals surface area contributed by atoms with Crippen molar-refractivity contribution in [1.29, 1.82) is 0 Å². The Balaban J connectivity index is 1.07. The van der Waals surface area contributed by atoms with Gasteiger partial charge in [0.05, 0.1) is 55.0 Å². The lowest BCUT2D eigenvalue weighted by Crippen LogP contribution is -2.37.